The van der Waals surface area contributed by atoms with Crippen molar-refractivity contribution in [3.05, 3.63) is 0 Å². The quantitative estimate of drug-likeness (QED) is 0.844. The first-order valence-electron chi connectivity index (χ1n) is 8.26. The van der Waals surface area contributed by atoms with Crippen molar-refractivity contribution in [3.8, 4) is 0 Å². The maximum atomic E-state index is 6.05. The molecule has 0 heterocycles. The van der Waals surface area contributed by atoms with E-state index >= 15 is 0 Å². The summed E-state index contributed by atoms with van der Waals surface area (Å²) in [6.45, 7) is 10.5. The topological polar surface area (TPSA) is 29.3 Å². The van der Waals surface area contributed by atoms with Crippen molar-refractivity contribution in [1.82, 2.24) is 4.90 Å². The van der Waals surface area contributed by atoms with E-state index in [1.165, 1.54) is 32.1 Å². The summed E-state index contributed by atoms with van der Waals surface area (Å²) < 4.78 is 0. The number of nitrogens with zero attached hydrogens (tertiary/aromatic N) is 1. The zero-order valence-corrected chi connectivity index (χ0v) is 13.7. The maximum Gasteiger partial charge on any atom is 0.0138 e. The number of hydrogen-bond donors (Lipinski definition) is 1. The van der Waals surface area contributed by atoms with E-state index in [-0.39, 0.29) is 0 Å². The van der Waals surface area contributed by atoms with Crippen LogP contribution in [0, 0.1) is 23.2 Å². The van der Waals surface area contributed by atoms with E-state index in [2.05, 4.69) is 39.6 Å². The Hall–Kier alpha value is -0.0800. The third kappa shape index (κ3) is 3.52. The lowest BCUT2D eigenvalue weighted by molar-refractivity contribution is 0.0357. The standard InChI is InChI=1S/C17H34N2/c1-12(13-6-7-13)19(5)16-10-15(17(2,3)4)9-8-14(16)11-18/h12-16H,6-11,18H2,1-5H3. The van der Waals surface area contributed by atoms with Crippen LogP contribution in [0.2, 0.25) is 0 Å². The second kappa shape index (κ2) is 5.73. The molecule has 2 rings (SSSR count). The van der Waals surface area contributed by atoms with Crippen molar-refractivity contribution in [2.45, 2.75) is 71.9 Å². The number of rotatable bonds is 4. The highest BCUT2D eigenvalue weighted by molar-refractivity contribution is 4.94. The molecule has 2 heteroatoms. The van der Waals surface area contributed by atoms with Crippen molar-refractivity contribution in [2.75, 3.05) is 13.6 Å². The van der Waals surface area contributed by atoms with Crippen LogP contribution in [-0.4, -0.2) is 30.6 Å². The molecular weight excluding hydrogens is 232 g/mol. The van der Waals surface area contributed by atoms with Crippen LogP contribution in [-0.2, 0) is 0 Å². The van der Waals surface area contributed by atoms with Crippen LogP contribution in [0.1, 0.15) is 59.8 Å². The van der Waals surface area contributed by atoms with Gasteiger partial charge in [0.2, 0.25) is 0 Å². The van der Waals surface area contributed by atoms with Crippen molar-refractivity contribution >= 4 is 0 Å². The van der Waals surface area contributed by atoms with Gasteiger partial charge in [-0.05, 0) is 75.8 Å². The van der Waals surface area contributed by atoms with E-state index in [1.54, 1.807) is 0 Å². The Labute approximate surface area is 120 Å². The molecule has 0 radical (unpaired) electrons. The molecule has 0 aliphatic heterocycles. The predicted molar refractivity (Wildman–Crippen MR) is 83.1 cm³/mol. The second-order valence-corrected chi connectivity index (χ2v) is 8.18. The second-order valence-electron chi connectivity index (χ2n) is 8.18. The van der Waals surface area contributed by atoms with Gasteiger partial charge in [0.15, 0.2) is 0 Å². The molecule has 0 bridgehead atoms. The van der Waals surface area contributed by atoms with E-state index in [1.807, 2.05) is 0 Å². The van der Waals surface area contributed by atoms with E-state index < -0.39 is 0 Å². The first-order valence-corrected chi connectivity index (χ1v) is 8.26. The van der Waals surface area contributed by atoms with Gasteiger partial charge in [-0.15, -0.1) is 0 Å². The maximum absolute atomic E-state index is 6.05. The fraction of sp³-hybridized carbons (Fsp3) is 1.00. The summed E-state index contributed by atoms with van der Waals surface area (Å²) in [7, 11) is 2.35. The van der Waals surface area contributed by atoms with E-state index in [9.17, 15) is 0 Å². The minimum absolute atomic E-state index is 0.446. The van der Waals surface area contributed by atoms with Gasteiger partial charge in [-0.1, -0.05) is 20.8 Å². The molecule has 2 nitrogen and oxygen atoms in total. The van der Waals surface area contributed by atoms with Crippen LogP contribution in [0.5, 0.6) is 0 Å². The van der Waals surface area contributed by atoms with Gasteiger partial charge in [0.05, 0.1) is 0 Å². The predicted octanol–water partition coefficient (Wildman–Crippen LogP) is 3.51. The Kier molecular flexibility index (Phi) is 4.62. The zero-order chi connectivity index (χ0) is 14.2. The van der Waals surface area contributed by atoms with Crippen molar-refractivity contribution in [2.24, 2.45) is 28.9 Å². The highest BCUT2D eigenvalue weighted by Gasteiger charge is 2.40. The van der Waals surface area contributed by atoms with Gasteiger partial charge in [0.1, 0.15) is 0 Å². The first-order chi connectivity index (χ1) is 8.84. The Balaban J connectivity index is 2.04. The van der Waals surface area contributed by atoms with Gasteiger partial charge in [-0.25, -0.2) is 0 Å². The summed E-state index contributed by atoms with van der Waals surface area (Å²) in [6, 6.07) is 1.45. The Bertz CT molecular complexity index is 290. The van der Waals surface area contributed by atoms with Gasteiger partial charge in [0.25, 0.3) is 0 Å². The minimum Gasteiger partial charge on any atom is -0.330 e. The molecule has 0 aromatic carbocycles. The smallest absolute Gasteiger partial charge is 0.0138 e. The van der Waals surface area contributed by atoms with Crippen LogP contribution in [0.15, 0.2) is 0 Å². The average Bonchev–Trinajstić information content (AvgIpc) is 3.19. The molecule has 0 aromatic heterocycles. The fourth-order valence-electron chi connectivity index (χ4n) is 3.98. The SMILES string of the molecule is CC(C1CC1)N(C)C1CC(C(C)(C)C)CCC1CN. The van der Waals surface area contributed by atoms with Crippen LogP contribution in [0.4, 0.5) is 0 Å². The van der Waals surface area contributed by atoms with Gasteiger partial charge < -0.3 is 10.6 Å². The largest absolute Gasteiger partial charge is 0.330 e. The molecule has 0 aromatic rings. The van der Waals surface area contributed by atoms with Crippen LogP contribution < -0.4 is 5.73 Å². The van der Waals surface area contributed by atoms with Crippen molar-refractivity contribution in [3.63, 3.8) is 0 Å². The molecular formula is C17H34N2. The fourth-order valence-corrected chi connectivity index (χ4v) is 3.98. The summed E-state index contributed by atoms with van der Waals surface area (Å²) in [4.78, 5) is 2.67. The molecule has 2 fully saturated rings. The first kappa shape index (κ1) is 15.3. The monoisotopic (exact) mass is 266 g/mol. The third-order valence-corrected chi connectivity index (χ3v) is 5.95. The molecule has 2 saturated carbocycles. The zero-order valence-electron chi connectivity index (χ0n) is 13.7. The molecule has 2 aliphatic rings. The van der Waals surface area contributed by atoms with Crippen LogP contribution in [0.25, 0.3) is 0 Å². The third-order valence-electron chi connectivity index (χ3n) is 5.95. The summed E-state index contributed by atoms with van der Waals surface area (Å²) >= 11 is 0. The van der Waals surface area contributed by atoms with Crippen LogP contribution >= 0.6 is 0 Å². The number of nitrogens with two attached hydrogens (primary N) is 1. The minimum atomic E-state index is 0.446. The summed E-state index contributed by atoms with van der Waals surface area (Å²) in [6.07, 6.45) is 6.92. The normalized spacial score (nSPS) is 34.6. The Morgan fingerprint density at radius 2 is 1.79 bits per heavy atom. The molecule has 2 N–H and O–H groups in total. The van der Waals surface area contributed by atoms with Gasteiger partial charge in [0, 0.05) is 12.1 Å². The molecule has 19 heavy (non-hydrogen) atoms. The van der Waals surface area contributed by atoms with E-state index in [0.29, 0.717) is 17.4 Å². The lowest BCUT2D eigenvalue weighted by Gasteiger charge is -2.46. The van der Waals surface area contributed by atoms with E-state index in [4.69, 9.17) is 5.73 Å². The molecule has 0 amide bonds. The van der Waals surface area contributed by atoms with E-state index in [0.717, 1.165) is 24.4 Å². The van der Waals surface area contributed by atoms with Gasteiger partial charge in [-0.3, -0.25) is 0 Å². The highest BCUT2D eigenvalue weighted by atomic mass is 15.2. The van der Waals surface area contributed by atoms with Crippen LogP contribution in [0.3, 0.4) is 0 Å². The molecule has 112 valence electrons. The summed E-state index contributed by atoms with van der Waals surface area (Å²) in [5.41, 5.74) is 6.50. The highest BCUT2D eigenvalue weighted by Crippen LogP contribution is 2.43. The number of hydrogen-bond acceptors (Lipinski definition) is 2. The van der Waals surface area contributed by atoms with Crippen molar-refractivity contribution in [1.29, 1.82) is 0 Å². The summed E-state index contributed by atoms with van der Waals surface area (Å²) in [5.74, 6) is 2.53. The molecule has 4 unspecified atom stereocenters. The van der Waals surface area contributed by atoms with Gasteiger partial charge >= 0.3 is 0 Å². The Morgan fingerprint density at radius 3 is 2.26 bits per heavy atom. The molecule has 4 atom stereocenters. The average molecular weight is 266 g/mol. The van der Waals surface area contributed by atoms with Crippen molar-refractivity contribution < 1.29 is 0 Å². The molecule has 2 aliphatic carbocycles. The molecule has 0 spiro atoms. The molecule has 0 saturated heterocycles. The lowest BCUT2D eigenvalue weighted by Crippen LogP contribution is -2.50. The Morgan fingerprint density at radius 1 is 1.16 bits per heavy atom. The lowest BCUT2D eigenvalue weighted by atomic mass is 9.67. The van der Waals surface area contributed by atoms with Gasteiger partial charge in [-0.2, -0.15) is 0 Å². The summed E-state index contributed by atoms with van der Waals surface area (Å²) in [5, 5.41) is 0.